The van der Waals surface area contributed by atoms with Gasteiger partial charge in [-0.25, -0.2) is 9.07 Å². The van der Waals surface area contributed by atoms with E-state index in [1.807, 2.05) is 57.8 Å². The first-order valence-corrected chi connectivity index (χ1v) is 11.7. The van der Waals surface area contributed by atoms with Crippen LogP contribution in [0.1, 0.15) is 15.4 Å². The first kappa shape index (κ1) is 20.2. The van der Waals surface area contributed by atoms with Gasteiger partial charge < -0.3 is 9.80 Å². The molecule has 158 valence electrons. The maximum absolute atomic E-state index is 14.1. The van der Waals surface area contributed by atoms with Crippen LogP contribution in [0.5, 0.6) is 0 Å². The maximum atomic E-state index is 14.1. The molecule has 0 atom stereocenters. The van der Waals surface area contributed by atoms with Gasteiger partial charge in [-0.1, -0.05) is 28.1 Å². The minimum Gasteiger partial charge on any atom is -0.366 e. The van der Waals surface area contributed by atoms with E-state index in [-0.39, 0.29) is 11.7 Å². The van der Waals surface area contributed by atoms with E-state index < -0.39 is 0 Å². The molecule has 1 aliphatic rings. The van der Waals surface area contributed by atoms with E-state index in [1.165, 1.54) is 17.4 Å². The van der Waals surface area contributed by atoms with E-state index in [9.17, 15) is 9.18 Å². The Labute approximate surface area is 191 Å². The number of amides is 1. The molecular weight excluding hydrogens is 479 g/mol. The molecule has 0 unspecified atom stereocenters. The van der Waals surface area contributed by atoms with Crippen LogP contribution in [0.25, 0.3) is 15.9 Å². The van der Waals surface area contributed by atoms with Gasteiger partial charge in [0.2, 0.25) is 0 Å². The van der Waals surface area contributed by atoms with Gasteiger partial charge in [-0.05, 0) is 49.4 Å². The summed E-state index contributed by atoms with van der Waals surface area (Å²) in [5.41, 5.74) is 2.46. The Morgan fingerprint density at radius 3 is 2.48 bits per heavy atom. The topological polar surface area (TPSA) is 41.4 Å². The van der Waals surface area contributed by atoms with Crippen LogP contribution in [0.4, 0.5) is 10.1 Å². The number of hydrogen-bond donors (Lipinski definition) is 0. The van der Waals surface area contributed by atoms with Crippen molar-refractivity contribution >= 4 is 49.1 Å². The average molecular weight is 499 g/mol. The number of anilines is 1. The van der Waals surface area contributed by atoms with Gasteiger partial charge in [0.25, 0.3) is 5.91 Å². The molecule has 1 aliphatic heterocycles. The van der Waals surface area contributed by atoms with Gasteiger partial charge in [0.05, 0.1) is 21.9 Å². The summed E-state index contributed by atoms with van der Waals surface area (Å²) in [4.78, 5) is 18.7. The second-order valence-corrected chi connectivity index (χ2v) is 9.48. The van der Waals surface area contributed by atoms with Crippen molar-refractivity contribution < 1.29 is 9.18 Å². The Kier molecular flexibility index (Phi) is 5.27. The highest BCUT2D eigenvalue weighted by Gasteiger charge is 2.26. The van der Waals surface area contributed by atoms with Crippen molar-refractivity contribution in [1.82, 2.24) is 14.7 Å². The Balaban J connectivity index is 1.37. The molecule has 0 saturated carbocycles. The number of halogens is 2. The predicted molar refractivity (Wildman–Crippen MR) is 126 cm³/mol. The quantitative estimate of drug-likeness (QED) is 0.386. The summed E-state index contributed by atoms with van der Waals surface area (Å²) in [7, 11) is 0. The van der Waals surface area contributed by atoms with E-state index in [4.69, 9.17) is 0 Å². The van der Waals surface area contributed by atoms with Crippen LogP contribution in [0.3, 0.4) is 0 Å². The zero-order valence-electron chi connectivity index (χ0n) is 16.9. The maximum Gasteiger partial charge on any atom is 0.264 e. The molecule has 4 aromatic rings. The lowest BCUT2D eigenvalue weighted by molar-refractivity contribution is 0.0751. The van der Waals surface area contributed by atoms with E-state index >= 15 is 0 Å². The molecule has 0 radical (unpaired) electrons. The molecule has 2 aromatic heterocycles. The number of carbonyl (C=O) groups is 1. The number of para-hydroxylation sites is 1. The number of hydrogen-bond acceptors (Lipinski definition) is 4. The molecule has 0 bridgehead atoms. The lowest BCUT2D eigenvalue weighted by Crippen LogP contribution is -2.48. The van der Waals surface area contributed by atoms with E-state index in [2.05, 4.69) is 21.0 Å². The summed E-state index contributed by atoms with van der Waals surface area (Å²) in [5.74, 6) is -0.198. The molecule has 31 heavy (non-hydrogen) atoms. The number of carbonyl (C=O) groups excluding carboxylic acids is 1. The second-order valence-electron chi connectivity index (χ2n) is 7.53. The number of fused-ring (bicyclic) bond motifs is 1. The fourth-order valence-corrected chi connectivity index (χ4v) is 5.34. The number of benzene rings is 2. The molecule has 0 aliphatic carbocycles. The average Bonchev–Trinajstić information content (AvgIpc) is 3.35. The minimum atomic E-state index is -0.222. The summed E-state index contributed by atoms with van der Waals surface area (Å²) in [5, 5.41) is 5.66. The normalized spacial score (nSPS) is 14.4. The lowest BCUT2D eigenvalue weighted by Gasteiger charge is -2.36. The standard InChI is InChI=1S/C23H20BrFN4OS/c1-15-18-14-21(31-23(18)29(26-15)17-8-6-16(24)7-9-17)22(30)28-12-10-27(11-13-28)20-5-3-2-4-19(20)25/h2-9,14H,10-13H2,1H3. The lowest BCUT2D eigenvalue weighted by atomic mass is 10.2. The van der Waals surface area contributed by atoms with E-state index in [1.54, 1.807) is 12.1 Å². The molecule has 5 nitrogen and oxygen atoms in total. The number of aromatic nitrogens is 2. The van der Waals surface area contributed by atoms with Crippen LogP contribution < -0.4 is 4.90 Å². The van der Waals surface area contributed by atoms with Crippen LogP contribution in [-0.4, -0.2) is 46.8 Å². The summed E-state index contributed by atoms with van der Waals surface area (Å²) in [6.45, 7) is 4.33. The third-order valence-corrected chi connectivity index (χ3v) is 7.21. The first-order valence-electron chi connectivity index (χ1n) is 10.0. The third kappa shape index (κ3) is 3.74. The van der Waals surface area contributed by atoms with Crippen LogP contribution >= 0.6 is 27.3 Å². The smallest absolute Gasteiger partial charge is 0.264 e. The highest BCUT2D eigenvalue weighted by molar-refractivity contribution is 9.10. The van der Waals surface area contributed by atoms with Gasteiger partial charge in [-0.15, -0.1) is 11.3 Å². The van der Waals surface area contributed by atoms with Crippen LogP contribution in [-0.2, 0) is 0 Å². The van der Waals surface area contributed by atoms with Crippen molar-refractivity contribution in [3.05, 3.63) is 75.5 Å². The van der Waals surface area contributed by atoms with Crippen LogP contribution in [0, 0.1) is 12.7 Å². The van der Waals surface area contributed by atoms with Crippen molar-refractivity contribution in [3.63, 3.8) is 0 Å². The van der Waals surface area contributed by atoms with Crippen molar-refractivity contribution in [2.45, 2.75) is 6.92 Å². The van der Waals surface area contributed by atoms with Gasteiger partial charge >= 0.3 is 0 Å². The number of aryl methyl sites for hydroxylation is 1. The number of thiophene rings is 1. The van der Waals surface area contributed by atoms with Crippen molar-refractivity contribution in [2.24, 2.45) is 0 Å². The number of piperazine rings is 1. The monoisotopic (exact) mass is 498 g/mol. The predicted octanol–water partition coefficient (Wildman–Crippen LogP) is 5.26. The zero-order chi connectivity index (χ0) is 21.5. The summed E-state index contributed by atoms with van der Waals surface area (Å²) >= 11 is 4.93. The van der Waals surface area contributed by atoms with Crippen molar-refractivity contribution in [1.29, 1.82) is 0 Å². The summed E-state index contributed by atoms with van der Waals surface area (Å²) in [6.07, 6.45) is 0. The molecule has 0 spiro atoms. The van der Waals surface area contributed by atoms with Crippen molar-refractivity contribution in [3.8, 4) is 5.69 Å². The fourth-order valence-electron chi connectivity index (χ4n) is 3.92. The molecule has 8 heteroatoms. The first-order chi connectivity index (χ1) is 15.0. The Bertz CT molecular complexity index is 1260. The molecule has 1 amide bonds. The number of rotatable bonds is 3. The summed E-state index contributed by atoms with van der Waals surface area (Å²) in [6, 6.07) is 16.7. The molecular formula is C23H20BrFN4OS. The SMILES string of the molecule is Cc1nn(-c2ccc(Br)cc2)c2sc(C(=O)N3CCN(c4ccccc4F)CC3)cc12. The highest BCUT2D eigenvalue weighted by Crippen LogP contribution is 2.32. The highest BCUT2D eigenvalue weighted by atomic mass is 79.9. The van der Waals surface area contributed by atoms with E-state index in [0.29, 0.717) is 36.7 Å². The molecule has 1 fully saturated rings. The Morgan fingerprint density at radius 2 is 1.77 bits per heavy atom. The van der Waals surface area contributed by atoms with Gasteiger partial charge in [-0.3, -0.25) is 4.79 Å². The van der Waals surface area contributed by atoms with Gasteiger partial charge in [0, 0.05) is 36.0 Å². The molecule has 3 heterocycles. The van der Waals surface area contributed by atoms with E-state index in [0.717, 1.165) is 26.1 Å². The van der Waals surface area contributed by atoms with Crippen molar-refractivity contribution in [2.75, 3.05) is 31.1 Å². The number of nitrogens with zero attached hydrogens (tertiary/aromatic N) is 4. The van der Waals surface area contributed by atoms with Crippen LogP contribution in [0.15, 0.2) is 59.1 Å². The third-order valence-electron chi connectivity index (χ3n) is 5.59. The largest absolute Gasteiger partial charge is 0.366 e. The molecule has 1 saturated heterocycles. The minimum absolute atomic E-state index is 0.0242. The van der Waals surface area contributed by atoms with Gasteiger partial charge in [0.15, 0.2) is 0 Å². The van der Waals surface area contributed by atoms with Crippen LogP contribution in [0.2, 0.25) is 0 Å². The zero-order valence-corrected chi connectivity index (χ0v) is 19.3. The molecule has 0 N–H and O–H groups in total. The summed E-state index contributed by atoms with van der Waals surface area (Å²) < 4.78 is 17.0. The molecule has 2 aromatic carbocycles. The molecule has 5 rings (SSSR count). The second kappa shape index (κ2) is 8.09. The van der Waals surface area contributed by atoms with Gasteiger partial charge in [0.1, 0.15) is 10.6 Å². The van der Waals surface area contributed by atoms with Gasteiger partial charge in [-0.2, -0.15) is 5.10 Å². The Hall–Kier alpha value is -2.71. The fraction of sp³-hybridized carbons (Fsp3) is 0.217. The Morgan fingerprint density at radius 1 is 1.06 bits per heavy atom.